The van der Waals surface area contributed by atoms with Crippen LogP contribution in [0.5, 0.6) is 0 Å². The van der Waals surface area contributed by atoms with Gasteiger partial charge in [-0.25, -0.2) is 0 Å². The van der Waals surface area contributed by atoms with Crippen LogP contribution in [0.4, 0.5) is 0 Å². The molecule has 0 heterocycles. The molecule has 0 aliphatic heterocycles. The highest BCUT2D eigenvalue weighted by atomic mass is 16.6. The molecule has 0 amide bonds. The summed E-state index contributed by atoms with van der Waals surface area (Å²) in [6.45, 7) is 5.95. The molecule has 9 atom stereocenters. The molecular formula is C22H35NO4. The summed E-state index contributed by atoms with van der Waals surface area (Å²) in [6, 6.07) is 0. The Morgan fingerprint density at radius 2 is 1.81 bits per heavy atom. The molecule has 5 heteroatoms. The minimum atomic E-state index is -0.515. The summed E-state index contributed by atoms with van der Waals surface area (Å²) < 4.78 is 0. The van der Waals surface area contributed by atoms with Gasteiger partial charge in [-0.1, -0.05) is 6.92 Å². The van der Waals surface area contributed by atoms with Crippen molar-refractivity contribution in [3.63, 3.8) is 0 Å². The number of ketones is 1. The molecule has 0 aromatic heterocycles. The molecule has 0 bridgehead atoms. The van der Waals surface area contributed by atoms with Gasteiger partial charge < -0.3 is 5.11 Å². The van der Waals surface area contributed by atoms with Crippen LogP contribution in [0.2, 0.25) is 0 Å². The Bertz CT molecular complexity index is 632. The van der Waals surface area contributed by atoms with Gasteiger partial charge >= 0.3 is 0 Å². The SMILES string of the molecule is CC(=O)[C@H]1CC(C[N+](=O)[O-])[C@H]2[C@@H]3CC[C@@H]4C[C@](C)(O)CC[C@@H]4[C@H]3CC[C@]12C. The van der Waals surface area contributed by atoms with Gasteiger partial charge in [-0.05, 0) is 100 Å². The molecule has 5 nitrogen and oxygen atoms in total. The number of carbonyl (C=O) groups excluding carboxylic acids is 1. The van der Waals surface area contributed by atoms with Crippen molar-refractivity contribution in [2.75, 3.05) is 6.54 Å². The molecule has 4 aliphatic carbocycles. The zero-order chi connectivity index (χ0) is 19.6. The van der Waals surface area contributed by atoms with E-state index in [2.05, 4.69) is 6.92 Å². The normalized spacial score (nSPS) is 51.8. The Labute approximate surface area is 162 Å². The lowest BCUT2D eigenvalue weighted by atomic mass is 9.48. The van der Waals surface area contributed by atoms with E-state index in [4.69, 9.17) is 0 Å². The van der Waals surface area contributed by atoms with E-state index in [1.54, 1.807) is 6.92 Å². The van der Waals surface area contributed by atoms with E-state index >= 15 is 0 Å². The maximum absolute atomic E-state index is 12.4. The highest BCUT2D eigenvalue weighted by molar-refractivity contribution is 5.79. The first-order valence-electron chi connectivity index (χ1n) is 11.0. The Balaban J connectivity index is 1.62. The van der Waals surface area contributed by atoms with E-state index in [0.29, 0.717) is 36.0 Å². The van der Waals surface area contributed by atoms with E-state index in [-0.39, 0.29) is 34.5 Å². The molecule has 0 spiro atoms. The third kappa shape index (κ3) is 3.14. The summed E-state index contributed by atoms with van der Waals surface area (Å²) in [5.74, 6) is 3.04. The van der Waals surface area contributed by atoms with Crippen molar-refractivity contribution in [1.82, 2.24) is 0 Å². The number of Topliss-reactive ketones (excluding diaryl/α,β-unsaturated/α-hetero) is 1. The van der Waals surface area contributed by atoms with Crippen LogP contribution in [-0.4, -0.2) is 28.0 Å². The lowest BCUT2D eigenvalue weighted by Gasteiger charge is -2.57. The molecule has 152 valence electrons. The smallest absolute Gasteiger partial charge is 0.207 e. The maximum Gasteiger partial charge on any atom is 0.207 e. The van der Waals surface area contributed by atoms with Gasteiger partial charge in [-0.15, -0.1) is 0 Å². The van der Waals surface area contributed by atoms with Crippen LogP contribution in [0.15, 0.2) is 0 Å². The van der Waals surface area contributed by atoms with Crippen molar-refractivity contribution in [1.29, 1.82) is 0 Å². The number of rotatable bonds is 3. The topological polar surface area (TPSA) is 80.4 Å². The van der Waals surface area contributed by atoms with Gasteiger partial charge in [-0.3, -0.25) is 14.9 Å². The van der Waals surface area contributed by atoms with E-state index in [1.165, 1.54) is 0 Å². The standard InChI is InChI=1S/C22H35NO4/c1-13(24)19-10-15(12-23(26)27)20-18-5-4-14-11-21(2,25)8-6-16(14)17(18)7-9-22(19,20)3/h14-20,25H,4-12H2,1-3H3/t14-,15?,16+,17-,18-,19-,20+,21-,22-/m1/s1. The minimum absolute atomic E-state index is 0.00165. The molecule has 27 heavy (non-hydrogen) atoms. The van der Waals surface area contributed by atoms with Crippen molar-refractivity contribution in [3.8, 4) is 0 Å². The first-order valence-corrected chi connectivity index (χ1v) is 11.0. The fourth-order valence-electron chi connectivity index (χ4n) is 8.38. The van der Waals surface area contributed by atoms with Crippen LogP contribution >= 0.6 is 0 Å². The Kier molecular flexibility index (Phi) is 4.68. The fraction of sp³-hybridized carbons (Fsp3) is 0.955. The summed E-state index contributed by atoms with van der Waals surface area (Å²) in [7, 11) is 0. The second-order valence-corrected chi connectivity index (χ2v) is 10.8. The van der Waals surface area contributed by atoms with E-state index < -0.39 is 5.60 Å². The van der Waals surface area contributed by atoms with Gasteiger partial charge in [-0.2, -0.15) is 0 Å². The predicted molar refractivity (Wildman–Crippen MR) is 103 cm³/mol. The number of aliphatic hydroxyl groups is 1. The first kappa shape index (κ1) is 19.4. The van der Waals surface area contributed by atoms with Crippen LogP contribution in [0, 0.1) is 57.0 Å². The molecule has 0 aromatic carbocycles. The van der Waals surface area contributed by atoms with Crippen LogP contribution < -0.4 is 0 Å². The van der Waals surface area contributed by atoms with Crippen molar-refractivity contribution < 1.29 is 14.8 Å². The molecule has 4 fully saturated rings. The fourth-order valence-corrected chi connectivity index (χ4v) is 8.38. The number of nitrogens with zero attached hydrogens (tertiary/aromatic N) is 1. The van der Waals surface area contributed by atoms with E-state index in [1.807, 2.05) is 6.92 Å². The first-order chi connectivity index (χ1) is 12.6. The van der Waals surface area contributed by atoms with Crippen molar-refractivity contribution in [3.05, 3.63) is 10.1 Å². The van der Waals surface area contributed by atoms with Crippen LogP contribution in [0.25, 0.3) is 0 Å². The number of nitro groups is 1. The lowest BCUT2D eigenvalue weighted by Crippen LogP contribution is -2.52. The third-order valence-electron chi connectivity index (χ3n) is 9.25. The van der Waals surface area contributed by atoms with Crippen LogP contribution in [0.3, 0.4) is 0 Å². The second kappa shape index (κ2) is 6.53. The van der Waals surface area contributed by atoms with Gasteiger partial charge in [0.15, 0.2) is 0 Å². The predicted octanol–water partition coefficient (Wildman–Crippen LogP) is 4.10. The van der Waals surface area contributed by atoms with E-state index in [9.17, 15) is 20.0 Å². The van der Waals surface area contributed by atoms with Gasteiger partial charge in [0.2, 0.25) is 6.54 Å². The monoisotopic (exact) mass is 377 g/mol. The number of carbonyl (C=O) groups is 1. The highest BCUT2D eigenvalue weighted by Crippen LogP contribution is 2.66. The minimum Gasteiger partial charge on any atom is -0.390 e. The Morgan fingerprint density at radius 3 is 2.48 bits per heavy atom. The van der Waals surface area contributed by atoms with Gasteiger partial charge in [0.05, 0.1) is 5.60 Å². The average molecular weight is 378 g/mol. The molecular weight excluding hydrogens is 342 g/mol. The number of fused-ring (bicyclic) bond motifs is 5. The molecule has 1 N–H and O–H groups in total. The van der Waals surface area contributed by atoms with E-state index in [0.717, 1.165) is 44.9 Å². The summed E-state index contributed by atoms with van der Waals surface area (Å²) >= 11 is 0. The average Bonchev–Trinajstić information content (AvgIpc) is 2.85. The summed E-state index contributed by atoms with van der Waals surface area (Å²) in [5.41, 5.74) is -0.570. The zero-order valence-corrected chi connectivity index (χ0v) is 17.0. The van der Waals surface area contributed by atoms with Crippen LogP contribution in [-0.2, 0) is 4.79 Å². The number of hydrogen-bond donors (Lipinski definition) is 1. The molecule has 1 unspecified atom stereocenters. The van der Waals surface area contributed by atoms with Crippen molar-refractivity contribution >= 4 is 5.78 Å². The largest absolute Gasteiger partial charge is 0.390 e. The highest BCUT2D eigenvalue weighted by Gasteiger charge is 2.62. The van der Waals surface area contributed by atoms with Crippen molar-refractivity contribution in [2.45, 2.75) is 77.7 Å². The molecule has 4 saturated carbocycles. The molecule has 4 rings (SSSR count). The lowest BCUT2D eigenvalue weighted by molar-refractivity contribution is -0.490. The Hall–Kier alpha value is -0.970. The van der Waals surface area contributed by atoms with Gasteiger partial charge in [0, 0.05) is 16.8 Å². The second-order valence-electron chi connectivity index (χ2n) is 10.8. The maximum atomic E-state index is 12.4. The van der Waals surface area contributed by atoms with Gasteiger partial charge in [0.25, 0.3) is 0 Å². The molecule has 0 aromatic rings. The van der Waals surface area contributed by atoms with Crippen LogP contribution in [0.1, 0.15) is 72.1 Å². The molecule has 0 radical (unpaired) electrons. The summed E-state index contributed by atoms with van der Waals surface area (Å²) in [6.07, 6.45) is 8.07. The summed E-state index contributed by atoms with van der Waals surface area (Å²) in [5, 5.41) is 21.9. The van der Waals surface area contributed by atoms with Crippen molar-refractivity contribution in [2.24, 2.45) is 46.8 Å². The zero-order valence-electron chi connectivity index (χ0n) is 17.0. The van der Waals surface area contributed by atoms with Gasteiger partial charge in [0.1, 0.15) is 5.78 Å². The Morgan fingerprint density at radius 1 is 1.11 bits per heavy atom. The number of hydrogen-bond acceptors (Lipinski definition) is 4. The third-order valence-corrected chi connectivity index (χ3v) is 9.25. The quantitative estimate of drug-likeness (QED) is 0.593. The summed E-state index contributed by atoms with van der Waals surface area (Å²) in [4.78, 5) is 23.6. The molecule has 4 aliphatic rings. The molecule has 0 saturated heterocycles.